The van der Waals surface area contributed by atoms with Gasteiger partial charge in [0.15, 0.2) is 5.60 Å². The summed E-state index contributed by atoms with van der Waals surface area (Å²) in [5.74, 6) is 0. The Morgan fingerprint density at radius 3 is 1.93 bits per heavy atom. The van der Waals surface area contributed by atoms with E-state index in [1.165, 1.54) is 0 Å². The van der Waals surface area contributed by atoms with Crippen LogP contribution in [0.4, 0.5) is 13.2 Å². The summed E-state index contributed by atoms with van der Waals surface area (Å²) >= 11 is 0. The fraction of sp³-hybridized carbons (Fsp3) is 1.00. The van der Waals surface area contributed by atoms with Gasteiger partial charge >= 0.3 is 6.18 Å². The molecule has 15 heavy (non-hydrogen) atoms. The number of halogens is 3. The quantitative estimate of drug-likeness (QED) is 0.702. The Morgan fingerprint density at radius 1 is 1.13 bits per heavy atom. The fourth-order valence-corrected chi connectivity index (χ4v) is 2.67. The van der Waals surface area contributed by atoms with Gasteiger partial charge in [0.05, 0.1) is 6.26 Å². The van der Waals surface area contributed by atoms with Crippen molar-refractivity contribution in [3.63, 3.8) is 0 Å². The molecule has 1 saturated carbocycles. The highest BCUT2D eigenvalue weighted by Crippen LogP contribution is 2.45. The molecule has 0 aromatic heterocycles. The first-order valence-corrected chi connectivity index (χ1v) is 6.45. The average molecular weight is 246 g/mol. The van der Waals surface area contributed by atoms with Crippen molar-refractivity contribution in [3.05, 3.63) is 0 Å². The van der Waals surface area contributed by atoms with E-state index in [2.05, 4.69) is 4.18 Å². The normalized spacial score (nSPS) is 22.7. The van der Waals surface area contributed by atoms with E-state index >= 15 is 0 Å². The van der Waals surface area contributed by atoms with Crippen LogP contribution in [0.3, 0.4) is 0 Å². The second-order valence-corrected chi connectivity index (χ2v) is 5.42. The van der Waals surface area contributed by atoms with Crippen LogP contribution in [-0.2, 0) is 14.3 Å². The minimum atomic E-state index is -4.63. The summed E-state index contributed by atoms with van der Waals surface area (Å²) in [6.45, 7) is 0. The highest BCUT2D eigenvalue weighted by molar-refractivity contribution is 7.86. The van der Waals surface area contributed by atoms with Crippen LogP contribution in [0.1, 0.15) is 32.1 Å². The van der Waals surface area contributed by atoms with E-state index in [-0.39, 0.29) is 12.8 Å². The van der Waals surface area contributed by atoms with Crippen LogP contribution in [0.5, 0.6) is 0 Å². The predicted molar refractivity (Wildman–Crippen MR) is 47.8 cm³/mol. The van der Waals surface area contributed by atoms with E-state index in [4.69, 9.17) is 0 Å². The molecule has 7 heteroatoms. The second-order valence-electron chi connectivity index (χ2n) is 3.84. The molecule has 1 rings (SSSR count). The number of rotatable bonds is 2. The molecule has 0 heterocycles. The number of hydrogen-bond acceptors (Lipinski definition) is 3. The van der Waals surface area contributed by atoms with Crippen molar-refractivity contribution in [2.75, 3.05) is 6.26 Å². The Morgan fingerprint density at radius 2 is 1.60 bits per heavy atom. The van der Waals surface area contributed by atoms with Gasteiger partial charge in [-0.2, -0.15) is 21.6 Å². The second kappa shape index (κ2) is 3.93. The van der Waals surface area contributed by atoms with Crippen LogP contribution in [0.15, 0.2) is 0 Å². The van der Waals surface area contributed by atoms with E-state index in [0.29, 0.717) is 25.5 Å². The molecule has 0 radical (unpaired) electrons. The van der Waals surface area contributed by atoms with E-state index in [9.17, 15) is 21.6 Å². The van der Waals surface area contributed by atoms with Gasteiger partial charge in [-0.15, -0.1) is 0 Å². The SMILES string of the molecule is CS(=O)(=O)OC1(C(F)(F)F)CCCCC1. The maximum Gasteiger partial charge on any atom is 0.418 e. The molecule has 90 valence electrons. The third-order valence-corrected chi connectivity index (χ3v) is 3.11. The van der Waals surface area contributed by atoms with Gasteiger partial charge in [0.25, 0.3) is 10.1 Å². The zero-order chi connectivity index (χ0) is 11.7. The summed E-state index contributed by atoms with van der Waals surface area (Å²) in [5.41, 5.74) is -2.49. The molecule has 0 N–H and O–H groups in total. The molecule has 0 aliphatic heterocycles. The van der Waals surface area contributed by atoms with Crippen molar-refractivity contribution in [1.82, 2.24) is 0 Å². The highest BCUT2D eigenvalue weighted by Gasteiger charge is 2.58. The van der Waals surface area contributed by atoms with Crippen LogP contribution >= 0.6 is 0 Å². The van der Waals surface area contributed by atoms with Crippen LogP contribution in [0.25, 0.3) is 0 Å². The molecule has 0 atom stereocenters. The van der Waals surface area contributed by atoms with Crippen LogP contribution in [0.2, 0.25) is 0 Å². The first kappa shape index (κ1) is 12.8. The van der Waals surface area contributed by atoms with Gasteiger partial charge in [0.2, 0.25) is 0 Å². The van der Waals surface area contributed by atoms with Gasteiger partial charge in [-0.1, -0.05) is 19.3 Å². The van der Waals surface area contributed by atoms with E-state index < -0.39 is 21.9 Å². The maximum atomic E-state index is 12.7. The number of alkyl halides is 3. The third kappa shape index (κ3) is 3.07. The molecule has 1 aliphatic rings. The lowest BCUT2D eigenvalue weighted by molar-refractivity contribution is -0.256. The Kier molecular flexibility index (Phi) is 3.35. The summed E-state index contributed by atoms with van der Waals surface area (Å²) in [6, 6.07) is 0. The van der Waals surface area contributed by atoms with Crippen molar-refractivity contribution < 1.29 is 25.8 Å². The molecule has 0 amide bonds. The molecule has 1 fully saturated rings. The molecule has 1 aliphatic carbocycles. The first-order valence-electron chi connectivity index (χ1n) is 4.64. The zero-order valence-electron chi connectivity index (χ0n) is 8.30. The third-order valence-electron chi connectivity index (χ3n) is 2.49. The molecule has 0 spiro atoms. The summed E-state index contributed by atoms with van der Waals surface area (Å²) < 4.78 is 64.1. The Labute approximate surface area is 86.7 Å². The average Bonchev–Trinajstić information content (AvgIpc) is 2.00. The van der Waals surface area contributed by atoms with Gasteiger partial charge in [0, 0.05) is 0 Å². The van der Waals surface area contributed by atoms with Crippen molar-refractivity contribution >= 4 is 10.1 Å². The fourth-order valence-electron chi connectivity index (χ4n) is 1.83. The molecule has 0 aromatic rings. The lowest BCUT2D eigenvalue weighted by Gasteiger charge is -2.37. The first-order chi connectivity index (χ1) is 6.66. The highest BCUT2D eigenvalue weighted by atomic mass is 32.2. The maximum absolute atomic E-state index is 12.7. The predicted octanol–water partition coefficient (Wildman–Crippen LogP) is 2.23. The zero-order valence-corrected chi connectivity index (χ0v) is 9.12. The Balaban J connectivity index is 2.96. The van der Waals surface area contributed by atoms with Crippen molar-refractivity contribution in [3.8, 4) is 0 Å². The van der Waals surface area contributed by atoms with Crippen LogP contribution < -0.4 is 0 Å². The van der Waals surface area contributed by atoms with Gasteiger partial charge in [-0.05, 0) is 12.8 Å². The topological polar surface area (TPSA) is 43.4 Å². The molecule has 0 bridgehead atoms. The molecular weight excluding hydrogens is 233 g/mol. The van der Waals surface area contributed by atoms with Gasteiger partial charge < -0.3 is 0 Å². The summed E-state index contributed by atoms with van der Waals surface area (Å²) in [7, 11) is -4.09. The molecular formula is C8H13F3O3S. The van der Waals surface area contributed by atoms with Crippen LogP contribution in [-0.4, -0.2) is 26.5 Å². The van der Waals surface area contributed by atoms with Gasteiger partial charge in [-0.3, -0.25) is 4.18 Å². The van der Waals surface area contributed by atoms with E-state index in [0.717, 1.165) is 0 Å². The van der Waals surface area contributed by atoms with Crippen molar-refractivity contribution in [2.45, 2.75) is 43.9 Å². The summed E-state index contributed by atoms with van der Waals surface area (Å²) in [5, 5.41) is 0. The van der Waals surface area contributed by atoms with E-state index in [1.807, 2.05) is 0 Å². The van der Waals surface area contributed by atoms with Crippen LogP contribution in [0, 0.1) is 0 Å². The van der Waals surface area contributed by atoms with Gasteiger partial charge in [-0.25, -0.2) is 0 Å². The molecule has 3 nitrogen and oxygen atoms in total. The molecule has 0 unspecified atom stereocenters. The Hall–Kier alpha value is -0.300. The molecule has 0 aromatic carbocycles. The van der Waals surface area contributed by atoms with Crippen molar-refractivity contribution in [1.29, 1.82) is 0 Å². The largest absolute Gasteiger partial charge is 0.418 e. The standard InChI is InChI=1S/C8H13F3O3S/c1-15(12,13)14-7(8(9,10)11)5-3-2-4-6-7/h2-6H2,1H3. The summed E-state index contributed by atoms with van der Waals surface area (Å²) in [4.78, 5) is 0. The smallest absolute Gasteiger partial charge is 0.254 e. The monoisotopic (exact) mass is 246 g/mol. The van der Waals surface area contributed by atoms with E-state index in [1.54, 1.807) is 0 Å². The van der Waals surface area contributed by atoms with Gasteiger partial charge in [0.1, 0.15) is 0 Å². The minimum absolute atomic E-state index is 0.274. The lowest BCUT2D eigenvalue weighted by atomic mass is 9.84. The Bertz CT molecular complexity index is 315. The minimum Gasteiger partial charge on any atom is -0.254 e. The van der Waals surface area contributed by atoms with Crippen molar-refractivity contribution in [2.24, 2.45) is 0 Å². The summed E-state index contributed by atoms with van der Waals surface area (Å²) in [6.07, 6.45) is -3.16. The molecule has 0 saturated heterocycles. The number of hydrogen-bond donors (Lipinski definition) is 0. The lowest BCUT2D eigenvalue weighted by Crippen LogP contribution is -2.50.